The Morgan fingerprint density at radius 2 is 1.85 bits per heavy atom. The maximum Gasteiger partial charge on any atom is 0.241 e. The van der Waals surface area contributed by atoms with Crippen molar-refractivity contribution in [3.05, 3.63) is 23.8 Å². The lowest BCUT2D eigenvalue weighted by atomic mass is 10.1. The number of aromatic nitrogens is 4. The Balaban J connectivity index is 2.63. The first-order valence-electron chi connectivity index (χ1n) is 6.68. The van der Waals surface area contributed by atoms with Crippen LogP contribution in [-0.4, -0.2) is 33.6 Å². The maximum atomic E-state index is 5.27. The van der Waals surface area contributed by atoms with E-state index in [2.05, 4.69) is 25.3 Å². The van der Waals surface area contributed by atoms with Gasteiger partial charge in [0.2, 0.25) is 5.88 Å². The van der Waals surface area contributed by atoms with Crippen molar-refractivity contribution in [2.45, 2.75) is 27.2 Å². The van der Waals surface area contributed by atoms with Crippen molar-refractivity contribution in [3.63, 3.8) is 0 Å². The van der Waals surface area contributed by atoms with Gasteiger partial charge in [-0.2, -0.15) is 0 Å². The van der Waals surface area contributed by atoms with E-state index < -0.39 is 0 Å². The van der Waals surface area contributed by atoms with Crippen LogP contribution in [0.5, 0.6) is 5.88 Å². The summed E-state index contributed by atoms with van der Waals surface area (Å²) >= 11 is 0. The second-order valence-electron chi connectivity index (χ2n) is 4.26. The molecule has 106 valence electrons. The Bertz CT molecular complexity index is 600. The van der Waals surface area contributed by atoms with E-state index in [9.17, 15) is 0 Å². The Kier molecular flexibility index (Phi) is 4.45. The average Bonchev–Trinajstić information content (AvgIpc) is 2.49. The minimum Gasteiger partial charge on any atom is -0.479 e. The molecule has 0 fully saturated rings. The molecule has 1 N–H and O–H groups in total. The fourth-order valence-corrected chi connectivity index (χ4v) is 1.93. The van der Waals surface area contributed by atoms with Gasteiger partial charge in [0.05, 0.1) is 7.11 Å². The summed E-state index contributed by atoms with van der Waals surface area (Å²) in [5.74, 6) is 2.08. The van der Waals surface area contributed by atoms with Crippen molar-refractivity contribution in [1.82, 2.24) is 19.9 Å². The lowest BCUT2D eigenvalue weighted by Crippen LogP contribution is -2.08. The lowest BCUT2D eigenvalue weighted by molar-refractivity contribution is 0.397. The smallest absolute Gasteiger partial charge is 0.241 e. The summed E-state index contributed by atoms with van der Waals surface area (Å²) in [5.41, 5.74) is 2.35. The summed E-state index contributed by atoms with van der Waals surface area (Å²) in [6.07, 6.45) is 4.00. The van der Waals surface area contributed by atoms with Gasteiger partial charge in [-0.15, -0.1) is 0 Å². The van der Waals surface area contributed by atoms with E-state index in [4.69, 9.17) is 4.74 Å². The van der Waals surface area contributed by atoms with Crippen LogP contribution < -0.4 is 10.1 Å². The largest absolute Gasteiger partial charge is 0.479 e. The number of rotatable bonds is 5. The maximum absolute atomic E-state index is 5.27. The van der Waals surface area contributed by atoms with E-state index in [0.29, 0.717) is 11.6 Å². The highest BCUT2D eigenvalue weighted by Gasteiger charge is 2.17. The van der Waals surface area contributed by atoms with Gasteiger partial charge in [0, 0.05) is 30.9 Å². The van der Waals surface area contributed by atoms with E-state index in [1.807, 2.05) is 20.8 Å². The normalized spacial score (nSPS) is 10.4. The van der Waals surface area contributed by atoms with Crippen molar-refractivity contribution in [2.75, 3.05) is 19.0 Å². The zero-order chi connectivity index (χ0) is 14.5. The van der Waals surface area contributed by atoms with Crippen LogP contribution in [0.2, 0.25) is 0 Å². The molecule has 20 heavy (non-hydrogen) atoms. The highest BCUT2D eigenvalue weighted by atomic mass is 16.5. The van der Waals surface area contributed by atoms with E-state index in [0.717, 1.165) is 35.9 Å². The summed E-state index contributed by atoms with van der Waals surface area (Å²) in [4.78, 5) is 17.6. The molecule has 0 saturated carbocycles. The molecule has 0 aliphatic rings. The minimum atomic E-state index is 0.471. The van der Waals surface area contributed by atoms with Gasteiger partial charge in [-0.25, -0.2) is 19.9 Å². The standard InChI is InChI=1S/C14H19N5O/c1-5-10-18-11(9(3)13(19-10)15-6-2)12-14(20-4)17-8-7-16-12/h7-8H,5-6H2,1-4H3,(H,15,18,19). The Morgan fingerprint density at radius 1 is 1.10 bits per heavy atom. The number of hydrogen-bond acceptors (Lipinski definition) is 6. The number of aryl methyl sites for hydroxylation is 1. The van der Waals surface area contributed by atoms with Crippen LogP contribution in [0.4, 0.5) is 5.82 Å². The van der Waals surface area contributed by atoms with Crippen molar-refractivity contribution in [2.24, 2.45) is 0 Å². The lowest BCUT2D eigenvalue weighted by Gasteiger charge is -2.13. The molecule has 0 aliphatic heterocycles. The molecule has 2 aromatic heterocycles. The van der Waals surface area contributed by atoms with Gasteiger partial charge in [0.25, 0.3) is 0 Å². The van der Waals surface area contributed by atoms with Crippen molar-refractivity contribution < 1.29 is 4.74 Å². The number of methoxy groups -OCH3 is 1. The predicted molar refractivity (Wildman–Crippen MR) is 77.9 cm³/mol. The van der Waals surface area contributed by atoms with E-state index in [1.54, 1.807) is 19.5 Å². The van der Waals surface area contributed by atoms with Gasteiger partial charge in [0.15, 0.2) is 5.69 Å². The van der Waals surface area contributed by atoms with Crippen LogP contribution in [-0.2, 0) is 6.42 Å². The fraction of sp³-hybridized carbons (Fsp3) is 0.429. The molecule has 0 spiro atoms. The Hall–Kier alpha value is -2.24. The van der Waals surface area contributed by atoms with E-state index in [-0.39, 0.29) is 0 Å². The van der Waals surface area contributed by atoms with Gasteiger partial charge in [-0.05, 0) is 13.8 Å². The van der Waals surface area contributed by atoms with Gasteiger partial charge in [-0.3, -0.25) is 0 Å². The monoisotopic (exact) mass is 273 g/mol. The molecular weight excluding hydrogens is 254 g/mol. The van der Waals surface area contributed by atoms with Gasteiger partial charge in [0.1, 0.15) is 17.3 Å². The zero-order valence-electron chi connectivity index (χ0n) is 12.3. The molecule has 0 amide bonds. The van der Waals surface area contributed by atoms with Crippen LogP contribution in [0.1, 0.15) is 25.2 Å². The summed E-state index contributed by atoms with van der Waals surface area (Å²) in [6, 6.07) is 0. The zero-order valence-corrected chi connectivity index (χ0v) is 12.3. The molecule has 0 bridgehead atoms. The van der Waals surface area contributed by atoms with E-state index in [1.165, 1.54) is 0 Å². The third kappa shape index (κ3) is 2.68. The summed E-state index contributed by atoms with van der Waals surface area (Å²) < 4.78 is 5.27. The second kappa shape index (κ2) is 6.27. The first-order valence-corrected chi connectivity index (χ1v) is 6.68. The molecule has 0 aliphatic carbocycles. The Labute approximate surface area is 118 Å². The molecule has 2 aromatic rings. The molecule has 6 heteroatoms. The second-order valence-corrected chi connectivity index (χ2v) is 4.26. The first kappa shape index (κ1) is 14.2. The van der Waals surface area contributed by atoms with E-state index >= 15 is 0 Å². The Morgan fingerprint density at radius 3 is 2.50 bits per heavy atom. The van der Waals surface area contributed by atoms with Crippen LogP contribution in [0.3, 0.4) is 0 Å². The van der Waals surface area contributed by atoms with Crippen molar-refractivity contribution >= 4 is 5.82 Å². The molecule has 0 atom stereocenters. The minimum absolute atomic E-state index is 0.471. The highest BCUT2D eigenvalue weighted by molar-refractivity contribution is 5.68. The number of nitrogens with zero attached hydrogens (tertiary/aromatic N) is 4. The summed E-state index contributed by atoms with van der Waals surface area (Å²) in [7, 11) is 1.58. The quantitative estimate of drug-likeness (QED) is 0.900. The molecule has 0 unspecified atom stereocenters. The van der Waals surface area contributed by atoms with Crippen molar-refractivity contribution in [1.29, 1.82) is 0 Å². The average molecular weight is 273 g/mol. The number of nitrogens with one attached hydrogen (secondary N) is 1. The van der Waals surface area contributed by atoms with Gasteiger partial charge in [-0.1, -0.05) is 6.92 Å². The number of hydrogen-bond donors (Lipinski definition) is 1. The third-order valence-electron chi connectivity index (χ3n) is 2.93. The number of anilines is 1. The third-order valence-corrected chi connectivity index (χ3v) is 2.93. The molecular formula is C14H19N5O. The van der Waals surface area contributed by atoms with Crippen molar-refractivity contribution in [3.8, 4) is 17.3 Å². The van der Waals surface area contributed by atoms with Crippen LogP contribution in [0.15, 0.2) is 12.4 Å². The molecule has 0 aromatic carbocycles. The molecule has 6 nitrogen and oxygen atoms in total. The predicted octanol–water partition coefficient (Wildman–Crippen LogP) is 2.24. The molecule has 2 heterocycles. The molecule has 0 radical (unpaired) electrons. The highest BCUT2D eigenvalue weighted by Crippen LogP contribution is 2.29. The number of ether oxygens (including phenoxy) is 1. The van der Waals surface area contributed by atoms with Gasteiger partial charge >= 0.3 is 0 Å². The summed E-state index contributed by atoms with van der Waals surface area (Å²) in [6.45, 7) is 6.84. The van der Waals surface area contributed by atoms with Gasteiger partial charge < -0.3 is 10.1 Å². The molecule has 0 saturated heterocycles. The molecule has 2 rings (SSSR count). The SMILES string of the molecule is CCNc1nc(CC)nc(-c2nccnc2OC)c1C. The van der Waals surface area contributed by atoms with Crippen LogP contribution in [0.25, 0.3) is 11.4 Å². The topological polar surface area (TPSA) is 72.8 Å². The summed E-state index contributed by atoms with van der Waals surface area (Å²) in [5, 5.41) is 3.26. The van der Waals surface area contributed by atoms with Crippen LogP contribution in [0, 0.1) is 6.92 Å². The fourth-order valence-electron chi connectivity index (χ4n) is 1.93. The first-order chi connectivity index (χ1) is 9.71. The van der Waals surface area contributed by atoms with Crippen LogP contribution >= 0.6 is 0 Å².